The Kier molecular flexibility index (Phi) is 7.60. The third-order valence-corrected chi connectivity index (χ3v) is 6.60. The maximum absolute atomic E-state index is 12.5. The highest BCUT2D eigenvalue weighted by Gasteiger charge is 2.30. The molecule has 8 heteroatoms. The number of guanidine groups is 1. The number of carbonyl (C=O) groups excluding carboxylic acids is 2. The van der Waals surface area contributed by atoms with E-state index in [1.165, 1.54) is 12.8 Å². The maximum atomic E-state index is 12.5. The summed E-state index contributed by atoms with van der Waals surface area (Å²) in [6.45, 7) is 6.25. The average molecular weight is 473 g/mol. The van der Waals surface area contributed by atoms with Gasteiger partial charge >= 0.3 is 0 Å². The Bertz CT molecular complexity index is 1130. The van der Waals surface area contributed by atoms with Gasteiger partial charge in [0.1, 0.15) is 0 Å². The van der Waals surface area contributed by atoms with E-state index in [0.717, 1.165) is 35.7 Å². The lowest BCUT2D eigenvalue weighted by Crippen LogP contribution is -2.33. The smallest absolute Gasteiger partial charge is 0.255 e. The Morgan fingerprint density at radius 2 is 1.66 bits per heavy atom. The summed E-state index contributed by atoms with van der Waals surface area (Å²) in [7, 11) is 1.79. The largest absolute Gasteiger partial charge is 0.352 e. The first kappa shape index (κ1) is 24.2. The van der Waals surface area contributed by atoms with E-state index in [1.54, 1.807) is 36.2 Å². The number of allylic oxidation sites excluding steroid dienone is 1. The van der Waals surface area contributed by atoms with Gasteiger partial charge in [-0.2, -0.15) is 4.99 Å². The Morgan fingerprint density at radius 3 is 2.31 bits per heavy atom. The zero-order chi connectivity index (χ0) is 24.8. The summed E-state index contributed by atoms with van der Waals surface area (Å²) in [6.07, 6.45) is 5.04. The van der Waals surface area contributed by atoms with Crippen LogP contribution < -0.4 is 10.6 Å². The van der Waals surface area contributed by atoms with Crippen molar-refractivity contribution in [3.8, 4) is 0 Å². The maximum Gasteiger partial charge on any atom is 0.255 e. The topological polar surface area (TPSA) is 89.4 Å². The van der Waals surface area contributed by atoms with Crippen LogP contribution in [-0.2, 0) is 4.79 Å². The monoisotopic (exact) mass is 472 g/mol. The number of nitrogens with zero attached hydrogens (tertiary/aromatic N) is 4. The first-order valence-electron chi connectivity index (χ1n) is 12.0. The van der Waals surface area contributed by atoms with Gasteiger partial charge in [0.15, 0.2) is 5.82 Å². The average Bonchev–Trinajstić information content (AvgIpc) is 3.39. The molecule has 4 rings (SSSR count). The Labute approximate surface area is 206 Å². The fourth-order valence-electron chi connectivity index (χ4n) is 4.51. The first-order valence-corrected chi connectivity index (χ1v) is 12.0. The molecule has 182 valence electrons. The summed E-state index contributed by atoms with van der Waals surface area (Å²) in [5.74, 6) is 0.990. The van der Waals surface area contributed by atoms with Crippen LogP contribution in [0.25, 0.3) is 0 Å². The van der Waals surface area contributed by atoms with E-state index in [9.17, 15) is 9.59 Å². The molecule has 2 aliphatic rings. The molecule has 0 spiro atoms. The van der Waals surface area contributed by atoms with Crippen LogP contribution in [0.1, 0.15) is 49.4 Å². The van der Waals surface area contributed by atoms with Gasteiger partial charge in [-0.1, -0.05) is 31.0 Å². The molecule has 1 aliphatic carbocycles. The molecular formula is C27H32N6O2. The van der Waals surface area contributed by atoms with E-state index >= 15 is 0 Å². The van der Waals surface area contributed by atoms with Crippen molar-refractivity contribution in [2.24, 2.45) is 9.98 Å². The molecule has 2 aromatic rings. The molecule has 8 nitrogen and oxygen atoms in total. The van der Waals surface area contributed by atoms with Crippen LogP contribution in [0.2, 0.25) is 0 Å². The van der Waals surface area contributed by atoms with Gasteiger partial charge in [0, 0.05) is 43.0 Å². The number of hydrogen-bond acceptors (Lipinski definition) is 4. The highest BCUT2D eigenvalue weighted by Crippen LogP contribution is 2.31. The minimum atomic E-state index is -0.183. The number of anilines is 2. The normalized spacial score (nSPS) is 17.4. The third kappa shape index (κ3) is 5.77. The molecule has 0 unspecified atom stereocenters. The van der Waals surface area contributed by atoms with Crippen molar-refractivity contribution in [2.45, 2.75) is 45.1 Å². The second-order valence-corrected chi connectivity index (χ2v) is 8.86. The van der Waals surface area contributed by atoms with Gasteiger partial charge in [-0.15, -0.1) is 0 Å². The summed E-state index contributed by atoms with van der Waals surface area (Å²) in [5.41, 5.74) is 2.82. The lowest BCUT2D eigenvalue weighted by atomic mass is 10.2. The summed E-state index contributed by atoms with van der Waals surface area (Å²) in [6, 6.07) is 16.8. The minimum Gasteiger partial charge on any atom is -0.352 e. The van der Waals surface area contributed by atoms with Crippen LogP contribution in [-0.4, -0.2) is 53.9 Å². The number of carbonyl (C=O) groups is 2. The molecule has 0 saturated heterocycles. The van der Waals surface area contributed by atoms with Crippen molar-refractivity contribution < 1.29 is 9.59 Å². The number of rotatable bonds is 5. The predicted molar refractivity (Wildman–Crippen MR) is 140 cm³/mol. The standard InChI is InChI=1S/C27H32N6O2/c1-19-25(33(23-11-7-8-12-23)18-17-24(34)32(19)3)31-27(28-2)30-22-15-13-20(14-16-22)26(35)29-21-9-5-4-6-10-21/h4-6,9-10,13-16,23H,2,7-8,11-12,17-18H2,1,3H3,(H,29,35)(H,30,31). The van der Waals surface area contributed by atoms with Gasteiger partial charge in [-0.25, -0.2) is 4.99 Å². The van der Waals surface area contributed by atoms with Gasteiger partial charge in [-0.3, -0.25) is 9.59 Å². The van der Waals surface area contributed by atoms with Gasteiger partial charge in [0.25, 0.3) is 5.91 Å². The molecule has 2 N–H and O–H groups in total. The molecule has 1 aliphatic heterocycles. The van der Waals surface area contributed by atoms with Gasteiger partial charge in [0.2, 0.25) is 11.9 Å². The quantitative estimate of drug-likeness (QED) is 0.487. The molecule has 0 aromatic heterocycles. The molecule has 2 aromatic carbocycles. The number of benzene rings is 2. The number of aliphatic imine (C=N–C) groups is 2. The van der Waals surface area contributed by atoms with Crippen molar-refractivity contribution in [3.63, 3.8) is 0 Å². The fraction of sp³-hybridized carbons (Fsp3) is 0.333. The third-order valence-electron chi connectivity index (χ3n) is 6.60. The zero-order valence-corrected chi connectivity index (χ0v) is 20.3. The molecule has 35 heavy (non-hydrogen) atoms. The molecule has 0 bridgehead atoms. The van der Waals surface area contributed by atoms with Crippen molar-refractivity contribution in [2.75, 3.05) is 24.2 Å². The van der Waals surface area contributed by atoms with Crippen molar-refractivity contribution in [3.05, 3.63) is 71.7 Å². The van der Waals surface area contributed by atoms with E-state index in [1.807, 2.05) is 37.3 Å². The number of amides is 2. The highest BCUT2D eigenvalue weighted by atomic mass is 16.2. The molecular weight excluding hydrogens is 440 g/mol. The van der Waals surface area contributed by atoms with Gasteiger partial charge < -0.3 is 20.4 Å². The van der Waals surface area contributed by atoms with Crippen LogP contribution in [0, 0.1) is 0 Å². The number of para-hydroxylation sites is 1. The molecule has 2 amide bonds. The summed E-state index contributed by atoms with van der Waals surface area (Å²) >= 11 is 0. The summed E-state index contributed by atoms with van der Waals surface area (Å²) < 4.78 is 0. The van der Waals surface area contributed by atoms with Crippen LogP contribution in [0.4, 0.5) is 11.4 Å². The van der Waals surface area contributed by atoms with Crippen LogP contribution in [0.3, 0.4) is 0 Å². The summed E-state index contributed by atoms with van der Waals surface area (Å²) in [5, 5.41) is 6.07. The zero-order valence-electron chi connectivity index (χ0n) is 20.3. The van der Waals surface area contributed by atoms with Crippen molar-refractivity contribution in [1.82, 2.24) is 9.80 Å². The molecule has 1 fully saturated rings. The van der Waals surface area contributed by atoms with E-state index in [2.05, 4.69) is 27.2 Å². The molecule has 0 radical (unpaired) electrons. The predicted octanol–water partition coefficient (Wildman–Crippen LogP) is 4.70. The van der Waals surface area contributed by atoms with Gasteiger partial charge in [0.05, 0.1) is 5.70 Å². The molecule has 1 saturated carbocycles. The fourth-order valence-corrected chi connectivity index (χ4v) is 4.51. The van der Waals surface area contributed by atoms with Crippen molar-refractivity contribution in [1.29, 1.82) is 0 Å². The van der Waals surface area contributed by atoms with Crippen LogP contribution >= 0.6 is 0 Å². The van der Waals surface area contributed by atoms with E-state index < -0.39 is 0 Å². The number of hydrogen-bond donors (Lipinski definition) is 2. The van der Waals surface area contributed by atoms with E-state index in [-0.39, 0.29) is 11.8 Å². The lowest BCUT2D eigenvalue weighted by Gasteiger charge is -2.30. The SMILES string of the molecule is C=N/C(=N\C1=C(C)N(C)C(=O)CCN1C1CCCC1)Nc1ccc(C(=O)Nc2ccccc2)cc1. The Hall–Kier alpha value is -3.94. The van der Waals surface area contributed by atoms with E-state index in [0.29, 0.717) is 30.5 Å². The second-order valence-electron chi connectivity index (χ2n) is 8.86. The molecule has 1 heterocycles. The highest BCUT2D eigenvalue weighted by molar-refractivity contribution is 6.05. The molecule has 0 atom stereocenters. The van der Waals surface area contributed by atoms with Crippen molar-refractivity contribution >= 4 is 35.9 Å². The van der Waals surface area contributed by atoms with Gasteiger partial charge in [-0.05, 0) is 62.9 Å². The lowest BCUT2D eigenvalue weighted by molar-refractivity contribution is -0.127. The second kappa shape index (κ2) is 11.0. The first-order chi connectivity index (χ1) is 17.0. The number of nitrogens with one attached hydrogen (secondary N) is 2. The Morgan fingerprint density at radius 1 is 1.00 bits per heavy atom. The van der Waals surface area contributed by atoms with Crippen LogP contribution in [0.5, 0.6) is 0 Å². The summed E-state index contributed by atoms with van der Waals surface area (Å²) in [4.78, 5) is 37.9. The van der Waals surface area contributed by atoms with E-state index in [4.69, 9.17) is 4.99 Å². The van der Waals surface area contributed by atoms with Crippen LogP contribution in [0.15, 0.2) is 76.1 Å². The Balaban J connectivity index is 1.53. The minimum absolute atomic E-state index is 0.0844.